The Morgan fingerprint density at radius 3 is 2.37 bits per heavy atom. The van der Waals surface area contributed by atoms with E-state index in [1.165, 1.54) is 5.56 Å². The van der Waals surface area contributed by atoms with Gasteiger partial charge >= 0.3 is 0 Å². The van der Waals surface area contributed by atoms with E-state index >= 15 is 0 Å². The highest BCUT2D eigenvalue weighted by Gasteiger charge is 2.25. The molecule has 3 nitrogen and oxygen atoms in total. The van der Waals surface area contributed by atoms with Crippen molar-refractivity contribution in [3.8, 4) is 0 Å². The van der Waals surface area contributed by atoms with Gasteiger partial charge in [0.2, 0.25) is 5.91 Å². The Morgan fingerprint density at radius 2 is 1.84 bits per heavy atom. The highest BCUT2D eigenvalue weighted by Crippen LogP contribution is 2.14. The van der Waals surface area contributed by atoms with Crippen LogP contribution in [0.15, 0.2) is 30.3 Å². The highest BCUT2D eigenvalue weighted by atomic mass is 16.2. The Morgan fingerprint density at radius 1 is 1.26 bits per heavy atom. The van der Waals surface area contributed by atoms with Crippen LogP contribution in [-0.4, -0.2) is 17.5 Å². The minimum absolute atomic E-state index is 0.0620. The molecule has 19 heavy (non-hydrogen) atoms. The summed E-state index contributed by atoms with van der Waals surface area (Å²) in [5, 5.41) is 3.04. The first-order valence-electron chi connectivity index (χ1n) is 6.93. The number of rotatable bonds is 6. The van der Waals surface area contributed by atoms with Gasteiger partial charge < -0.3 is 11.1 Å². The normalized spacial score (nSPS) is 13.4. The lowest BCUT2D eigenvalue weighted by Crippen LogP contribution is -2.52. The zero-order chi connectivity index (χ0) is 14.5. The summed E-state index contributed by atoms with van der Waals surface area (Å²) in [5.41, 5.74) is 6.92. The third-order valence-electron chi connectivity index (χ3n) is 3.36. The molecule has 0 aliphatic rings. The SMILES string of the molecule is CC(C)[C@@H](N)C(=O)NC(C)(C)CCc1ccccc1. The van der Waals surface area contributed by atoms with E-state index < -0.39 is 6.04 Å². The molecule has 0 saturated heterocycles. The van der Waals surface area contributed by atoms with E-state index in [0.717, 1.165) is 12.8 Å². The first kappa shape index (κ1) is 15.7. The van der Waals surface area contributed by atoms with Gasteiger partial charge in [-0.2, -0.15) is 0 Å². The van der Waals surface area contributed by atoms with Gasteiger partial charge in [-0.15, -0.1) is 0 Å². The third kappa shape index (κ3) is 5.43. The smallest absolute Gasteiger partial charge is 0.237 e. The summed E-state index contributed by atoms with van der Waals surface area (Å²) in [7, 11) is 0. The van der Waals surface area contributed by atoms with Crippen molar-refractivity contribution in [2.75, 3.05) is 0 Å². The number of nitrogens with one attached hydrogen (secondary N) is 1. The lowest BCUT2D eigenvalue weighted by atomic mass is 9.94. The zero-order valence-electron chi connectivity index (χ0n) is 12.4. The van der Waals surface area contributed by atoms with Crippen LogP contribution in [0.2, 0.25) is 0 Å². The van der Waals surface area contributed by atoms with E-state index in [-0.39, 0.29) is 17.4 Å². The van der Waals surface area contributed by atoms with Gasteiger partial charge in [0.1, 0.15) is 0 Å². The molecule has 0 aliphatic carbocycles. The van der Waals surface area contributed by atoms with Gasteiger partial charge in [0.05, 0.1) is 6.04 Å². The van der Waals surface area contributed by atoms with Crippen molar-refractivity contribution in [2.45, 2.75) is 52.1 Å². The number of carbonyl (C=O) groups excluding carboxylic acids is 1. The Kier molecular flexibility index (Phi) is 5.55. The number of amides is 1. The monoisotopic (exact) mass is 262 g/mol. The van der Waals surface area contributed by atoms with E-state index in [1.807, 2.05) is 45.9 Å². The van der Waals surface area contributed by atoms with Gasteiger partial charge in [0.25, 0.3) is 0 Å². The molecule has 106 valence electrons. The molecule has 0 radical (unpaired) electrons. The Balaban J connectivity index is 2.50. The second-order valence-electron chi connectivity index (χ2n) is 6.13. The predicted octanol–water partition coefficient (Wildman–Crippen LogP) is 2.50. The van der Waals surface area contributed by atoms with Crippen LogP contribution in [0, 0.1) is 5.92 Å². The maximum Gasteiger partial charge on any atom is 0.237 e. The number of aryl methyl sites for hydroxylation is 1. The van der Waals surface area contributed by atoms with Gasteiger partial charge in [-0.05, 0) is 38.2 Å². The van der Waals surface area contributed by atoms with Crippen LogP contribution in [0.5, 0.6) is 0 Å². The predicted molar refractivity (Wildman–Crippen MR) is 79.8 cm³/mol. The lowest BCUT2D eigenvalue weighted by Gasteiger charge is -2.29. The van der Waals surface area contributed by atoms with Crippen molar-refractivity contribution in [1.82, 2.24) is 5.32 Å². The number of hydrogen-bond donors (Lipinski definition) is 2. The van der Waals surface area contributed by atoms with Crippen molar-refractivity contribution < 1.29 is 4.79 Å². The molecule has 0 unspecified atom stereocenters. The number of carbonyl (C=O) groups is 1. The molecule has 3 N–H and O–H groups in total. The van der Waals surface area contributed by atoms with E-state index in [4.69, 9.17) is 5.73 Å². The van der Waals surface area contributed by atoms with Crippen molar-refractivity contribution in [2.24, 2.45) is 11.7 Å². The highest BCUT2D eigenvalue weighted by molar-refractivity contribution is 5.82. The molecule has 0 bridgehead atoms. The molecule has 0 aliphatic heterocycles. The fourth-order valence-corrected chi connectivity index (χ4v) is 1.88. The number of nitrogens with two attached hydrogens (primary N) is 1. The standard InChI is InChI=1S/C16H26N2O/c1-12(2)14(17)15(19)18-16(3,4)11-10-13-8-6-5-7-9-13/h5-9,12,14H,10-11,17H2,1-4H3,(H,18,19)/t14-/m1/s1. The molecule has 1 aromatic rings. The first-order valence-corrected chi connectivity index (χ1v) is 6.93. The van der Waals surface area contributed by atoms with Crippen LogP contribution in [0.1, 0.15) is 39.7 Å². The molecular formula is C16H26N2O. The molecule has 1 atom stereocenters. The molecule has 1 aromatic carbocycles. The summed E-state index contributed by atoms with van der Waals surface area (Å²) in [4.78, 5) is 12.0. The van der Waals surface area contributed by atoms with Crippen LogP contribution in [0.25, 0.3) is 0 Å². The minimum Gasteiger partial charge on any atom is -0.350 e. The second kappa shape index (κ2) is 6.71. The van der Waals surface area contributed by atoms with E-state index in [1.54, 1.807) is 0 Å². The van der Waals surface area contributed by atoms with E-state index in [9.17, 15) is 4.79 Å². The second-order valence-corrected chi connectivity index (χ2v) is 6.13. The Hall–Kier alpha value is -1.35. The molecule has 1 amide bonds. The largest absolute Gasteiger partial charge is 0.350 e. The van der Waals surface area contributed by atoms with Crippen LogP contribution >= 0.6 is 0 Å². The summed E-state index contributed by atoms with van der Waals surface area (Å²) in [5.74, 6) is 0.0954. The van der Waals surface area contributed by atoms with E-state index in [2.05, 4.69) is 17.4 Å². The number of hydrogen-bond acceptors (Lipinski definition) is 2. The maximum atomic E-state index is 12.0. The summed E-state index contributed by atoms with van der Waals surface area (Å²) in [6, 6.07) is 9.87. The number of benzene rings is 1. The quantitative estimate of drug-likeness (QED) is 0.827. The topological polar surface area (TPSA) is 55.1 Å². The van der Waals surface area contributed by atoms with Gasteiger partial charge in [-0.25, -0.2) is 0 Å². The summed E-state index contributed by atoms with van der Waals surface area (Å²) < 4.78 is 0. The molecule has 0 aromatic heterocycles. The third-order valence-corrected chi connectivity index (χ3v) is 3.36. The lowest BCUT2D eigenvalue weighted by molar-refractivity contribution is -0.124. The molecule has 1 rings (SSSR count). The summed E-state index contributed by atoms with van der Waals surface area (Å²) in [6.07, 6.45) is 1.85. The average molecular weight is 262 g/mol. The average Bonchev–Trinajstić information content (AvgIpc) is 2.36. The molecule has 0 heterocycles. The summed E-state index contributed by atoms with van der Waals surface area (Å²) >= 11 is 0. The minimum atomic E-state index is -0.434. The van der Waals surface area contributed by atoms with Gasteiger partial charge in [0.15, 0.2) is 0 Å². The zero-order valence-corrected chi connectivity index (χ0v) is 12.4. The van der Waals surface area contributed by atoms with Crippen molar-refractivity contribution in [3.63, 3.8) is 0 Å². The van der Waals surface area contributed by atoms with E-state index in [0.29, 0.717) is 0 Å². The molecule has 0 fully saturated rings. The van der Waals surface area contributed by atoms with Crippen molar-refractivity contribution >= 4 is 5.91 Å². The molecule has 0 spiro atoms. The van der Waals surface area contributed by atoms with Crippen LogP contribution < -0.4 is 11.1 Å². The van der Waals surface area contributed by atoms with Gasteiger partial charge in [0, 0.05) is 5.54 Å². The molecule has 3 heteroatoms. The Labute approximate surface area is 116 Å². The Bertz CT molecular complexity index is 398. The first-order chi connectivity index (χ1) is 8.82. The van der Waals surface area contributed by atoms with Crippen LogP contribution in [0.3, 0.4) is 0 Å². The fourth-order valence-electron chi connectivity index (χ4n) is 1.88. The van der Waals surface area contributed by atoms with Crippen LogP contribution in [0.4, 0.5) is 0 Å². The maximum absolute atomic E-state index is 12.0. The van der Waals surface area contributed by atoms with Crippen molar-refractivity contribution in [1.29, 1.82) is 0 Å². The van der Waals surface area contributed by atoms with Gasteiger partial charge in [-0.3, -0.25) is 4.79 Å². The van der Waals surface area contributed by atoms with Crippen LogP contribution in [-0.2, 0) is 11.2 Å². The fraction of sp³-hybridized carbons (Fsp3) is 0.562. The molecule has 0 saturated carbocycles. The molecular weight excluding hydrogens is 236 g/mol. The summed E-state index contributed by atoms with van der Waals surface area (Å²) in [6.45, 7) is 8.00. The van der Waals surface area contributed by atoms with Crippen molar-refractivity contribution in [3.05, 3.63) is 35.9 Å². The van der Waals surface area contributed by atoms with Gasteiger partial charge in [-0.1, -0.05) is 44.2 Å².